The number of urea groups is 1. The summed E-state index contributed by atoms with van der Waals surface area (Å²) in [4.78, 5) is 16.1. The van der Waals surface area contributed by atoms with Gasteiger partial charge in [-0.1, -0.05) is 0 Å². The Balaban J connectivity index is 2.53. The van der Waals surface area contributed by atoms with Crippen molar-refractivity contribution in [2.75, 3.05) is 46.9 Å². The molecule has 0 aliphatic carbocycles. The molecule has 1 aliphatic rings. The first-order chi connectivity index (χ1) is 8.15. The van der Waals surface area contributed by atoms with Crippen LogP contribution < -0.4 is 5.32 Å². The number of rotatable bonds is 5. The second kappa shape index (κ2) is 7.50. The summed E-state index contributed by atoms with van der Waals surface area (Å²) in [7, 11) is 4.06. The number of amides is 2. The van der Waals surface area contributed by atoms with E-state index < -0.39 is 0 Å². The third kappa shape index (κ3) is 4.91. The number of likely N-dealkylation sites (N-methyl/N-ethyl adjacent to an activating group) is 1. The first kappa shape index (κ1) is 14.3. The Kier molecular flexibility index (Phi) is 6.29. The van der Waals surface area contributed by atoms with E-state index in [1.807, 2.05) is 25.9 Å². The molecule has 0 radical (unpaired) electrons. The maximum absolute atomic E-state index is 12.0. The van der Waals surface area contributed by atoms with E-state index in [0.717, 1.165) is 39.1 Å². The van der Waals surface area contributed by atoms with Crippen molar-refractivity contribution in [1.29, 1.82) is 0 Å². The molecule has 17 heavy (non-hydrogen) atoms. The van der Waals surface area contributed by atoms with Crippen molar-refractivity contribution < 1.29 is 9.53 Å². The molecule has 1 heterocycles. The molecule has 0 saturated carbocycles. The average Bonchev–Trinajstić information content (AvgIpc) is 2.30. The van der Waals surface area contributed by atoms with Crippen molar-refractivity contribution in [3.05, 3.63) is 0 Å². The van der Waals surface area contributed by atoms with Crippen molar-refractivity contribution in [3.8, 4) is 0 Å². The van der Waals surface area contributed by atoms with Gasteiger partial charge in [-0.25, -0.2) is 4.79 Å². The topological polar surface area (TPSA) is 44.8 Å². The van der Waals surface area contributed by atoms with Gasteiger partial charge in [-0.2, -0.15) is 0 Å². The van der Waals surface area contributed by atoms with E-state index in [2.05, 4.69) is 10.2 Å². The highest BCUT2D eigenvalue weighted by Gasteiger charge is 2.25. The highest BCUT2D eigenvalue weighted by molar-refractivity contribution is 5.74. The zero-order chi connectivity index (χ0) is 12.7. The molecule has 0 aromatic rings. The van der Waals surface area contributed by atoms with Gasteiger partial charge in [0.05, 0.1) is 0 Å². The highest BCUT2D eigenvalue weighted by atomic mass is 16.5. The second-order valence-corrected chi connectivity index (χ2v) is 4.68. The summed E-state index contributed by atoms with van der Waals surface area (Å²) in [6, 6.07) is 0.386. The smallest absolute Gasteiger partial charge is 0.317 e. The molecule has 0 aromatic carbocycles. The number of hydrogen-bond donors (Lipinski definition) is 1. The van der Waals surface area contributed by atoms with Gasteiger partial charge >= 0.3 is 6.03 Å². The van der Waals surface area contributed by atoms with Crippen LogP contribution in [0.4, 0.5) is 4.79 Å². The standard InChI is InChI=1S/C12H25N3O2/c1-4-13-12(16)15(8-7-14(2)3)11-5-9-17-10-6-11/h11H,4-10H2,1-3H3,(H,13,16). The lowest BCUT2D eigenvalue weighted by Crippen LogP contribution is -2.50. The summed E-state index contributed by atoms with van der Waals surface area (Å²) in [6.45, 7) is 5.84. The van der Waals surface area contributed by atoms with Crippen LogP contribution in [0.25, 0.3) is 0 Å². The van der Waals surface area contributed by atoms with E-state index in [0.29, 0.717) is 12.6 Å². The minimum absolute atomic E-state index is 0.0567. The van der Waals surface area contributed by atoms with E-state index in [1.54, 1.807) is 0 Å². The summed E-state index contributed by atoms with van der Waals surface area (Å²) in [5.41, 5.74) is 0. The van der Waals surface area contributed by atoms with Gasteiger partial charge in [-0.15, -0.1) is 0 Å². The minimum atomic E-state index is 0.0567. The van der Waals surface area contributed by atoms with Crippen molar-refractivity contribution in [2.24, 2.45) is 0 Å². The molecule has 0 aromatic heterocycles. The van der Waals surface area contributed by atoms with Gasteiger partial charge in [-0.05, 0) is 33.9 Å². The van der Waals surface area contributed by atoms with Gasteiger partial charge in [-0.3, -0.25) is 0 Å². The van der Waals surface area contributed by atoms with Crippen LogP contribution in [0, 0.1) is 0 Å². The predicted octanol–water partition coefficient (Wildman–Crippen LogP) is 0.759. The molecule has 1 N–H and O–H groups in total. The van der Waals surface area contributed by atoms with E-state index in [4.69, 9.17) is 4.74 Å². The van der Waals surface area contributed by atoms with E-state index >= 15 is 0 Å². The summed E-state index contributed by atoms with van der Waals surface area (Å²) in [5.74, 6) is 0. The summed E-state index contributed by atoms with van der Waals surface area (Å²) in [5, 5.41) is 2.89. The number of nitrogens with zero attached hydrogens (tertiary/aromatic N) is 2. The van der Waals surface area contributed by atoms with Gasteiger partial charge in [0.25, 0.3) is 0 Å². The number of carbonyl (C=O) groups is 1. The molecule has 1 rings (SSSR count). The zero-order valence-corrected chi connectivity index (χ0v) is 11.2. The quantitative estimate of drug-likeness (QED) is 0.775. The molecule has 1 fully saturated rings. The number of hydrogen-bond acceptors (Lipinski definition) is 3. The average molecular weight is 243 g/mol. The fourth-order valence-electron chi connectivity index (χ4n) is 2.01. The molecule has 0 spiro atoms. The monoisotopic (exact) mass is 243 g/mol. The Morgan fingerprint density at radius 3 is 2.47 bits per heavy atom. The Bertz CT molecular complexity index is 228. The predicted molar refractivity (Wildman–Crippen MR) is 68.2 cm³/mol. The minimum Gasteiger partial charge on any atom is -0.381 e. The lowest BCUT2D eigenvalue weighted by molar-refractivity contribution is 0.0444. The Morgan fingerprint density at radius 1 is 1.29 bits per heavy atom. The zero-order valence-electron chi connectivity index (χ0n) is 11.2. The molecule has 1 saturated heterocycles. The molecular weight excluding hydrogens is 218 g/mol. The third-order valence-corrected chi connectivity index (χ3v) is 3.01. The van der Waals surface area contributed by atoms with Crippen LogP contribution in [-0.2, 0) is 4.74 Å². The summed E-state index contributed by atoms with van der Waals surface area (Å²) >= 11 is 0. The summed E-state index contributed by atoms with van der Waals surface area (Å²) in [6.07, 6.45) is 1.90. The number of nitrogens with one attached hydrogen (secondary N) is 1. The van der Waals surface area contributed by atoms with Gasteiger partial charge in [0, 0.05) is 38.9 Å². The van der Waals surface area contributed by atoms with Crippen molar-refractivity contribution >= 4 is 6.03 Å². The molecule has 0 bridgehead atoms. The maximum Gasteiger partial charge on any atom is 0.317 e. The molecule has 0 unspecified atom stereocenters. The molecule has 0 atom stereocenters. The Morgan fingerprint density at radius 2 is 1.94 bits per heavy atom. The summed E-state index contributed by atoms with van der Waals surface area (Å²) < 4.78 is 5.35. The first-order valence-corrected chi connectivity index (χ1v) is 6.42. The van der Waals surface area contributed by atoms with Gasteiger partial charge in [0.15, 0.2) is 0 Å². The van der Waals surface area contributed by atoms with Gasteiger partial charge in [0.1, 0.15) is 0 Å². The Labute approximate surface area is 104 Å². The molecule has 5 heteroatoms. The van der Waals surface area contributed by atoms with E-state index in [9.17, 15) is 4.79 Å². The number of ether oxygens (including phenoxy) is 1. The van der Waals surface area contributed by atoms with E-state index in [1.165, 1.54) is 0 Å². The lowest BCUT2D eigenvalue weighted by atomic mass is 10.1. The van der Waals surface area contributed by atoms with Crippen molar-refractivity contribution in [1.82, 2.24) is 15.1 Å². The van der Waals surface area contributed by atoms with Gasteiger partial charge < -0.3 is 19.9 Å². The molecular formula is C12H25N3O2. The van der Waals surface area contributed by atoms with E-state index in [-0.39, 0.29) is 6.03 Å². The van der Waals surface area contributed by atoms with Crippen LogP contribution in [0.5, 0.6) is 0 Å². The largest absolute Gasteiger partial charge is 0.381 e. The van der Waals surface area contributed by atoms with Crippen LogP contribution in [-0.4, -0.2) is 68.8 Å². The molecule has 2 amide bonds. The van der Waals surface area contributed by atoms with Crippen molar-refractivity contribution in [3.63, 3.8) is 0 Å². The molecule has 5 nitrogen and oxygen atoms in total. The van der Waals surface area contributed by atoms with Crippen molar-refractivity contribution in [2.45, 2.75) is 25.8 Å². The van der Waals surface area contributed by atoms with Crippen LogP contribution in [0.2, 0.25) is 0 Å². The normalized spacial score (nSPS) is 17.2. The molecule has 1 aliphatic heterocycles. The second-order valence-electron chi connectivity index (χ2n) is 4.68. The van der Waals surface area contributed by atoms with Crippen LogP contribution in [0.1, 0.15) is 19.8 Å². The fourth-order valence-corrected chi connectivity index (χ4v) is 2.01. The third-order valence-electron chi connectivity index (χ3n) is 3.01. The van der Waals surface area contributed by atoms with Gasteiger partial charge in [0.2, 0.25) is 0 Å². The SMILES string of the molecule is CCNC(=O)N(CCN(C)C)C1CCOCC1. The van der Waals surface area contributed by atoms with Crippen LogP contribution in [0.15, 0.2) is 0 Å². The first-order valence-electron chi connectivity index (χ1n) is 6.42. The molecule has 100 valence electrons. The Hall–Kier alpha value is -0.810. The highest BCUT2D eigenvalue weighted by Crippen LogP contribution is 2.14. The van der Waals surface area contributed by atoms with Crippen LogP contribution in [0.3, 0.4) is 0 Å². The number of carbonyl (C=O) groups excluding carboxylic acids is 1. The fraction of sp³-hybridized carbons (Fsp3) is 0.917. The maximum atomic E-state index is 12.0. The van der Waals surface area contributed by atoms with Crippen LogP contribution >= 0.6 is 0 Å². The lowest BCUT2D eigenvalue weighted by Gasteiger charge is -2.34.